The summed E-state index contributed by atoms with van der Waals surface area (Å²) in [6.07, 6.45) is 2.59. The summed E-state index contributed by atoms with van der Waals surface area (Å²) in [4.78, 5) is 14.8. The van der Waals surface area contributed by atoms with E-state index in [1.807, 2.05) is 25.1 Å². The van der Waals surface area contributed by atoms with Crippen LogP contribution < -0.4 is 4.74 Å². The van der Waals surface area contributed by atoms with Crippen molar-refractivity contribution in [2.45, 2.75) is 6.92 Å². The number of ether oxygens (including phenoxy) is 1. The van der Waals surface area contributed by atoms with Crippen LogP contribution >= 0.6 is 0 Å². The Morgan fingerprint density at radius 3 is 2.53 bits per heavy atom. The zero-order valence-corrected chi connectivity index (χ0v) is 9.81. The molecule has 0 aliphatic carbocycles. The standard InChI is InChI=1S/C14H13NO2/c1-10-7-13(14(17-2)15-8-10)12-5-3-11(9-16)4-6-12/h3-9H,1-2H3. The predicted molar refractivity (Wildman–Crippen MR) is 66.3 cm³/mol. The molecule has 17 heavy (non-hydrogen) atoms. The Kier molecular flexibility index (Phi) is 3.19. The van der Waals surface area contributed by atoms with Gasteiger partial charge in [-0.1, -0.05) is 24.3 Å². The van der Waals surface area contributed by atoms with E-state index in [2.05, 4.69) is 4.98 Å². The largest absolute Gasteiger partial charge is 0.481 e. The molecule has 0 aliphatic rings. The maximum atomic E-state index is 10.6. The van der Waals surface area contributed by atoms with Crippen LogP contribution in [-0.4, -0.2) is 18.4 Å². The van der Waals surface area contributed by atoms with Gasteiger partial charge in [0.25, 0.3) is 0 Å². The first kappa shape index (κ1) is 11.3. The third kappa shape index (κ3) is 2.33. The molecule has 0 bridgehead atoms. The van der Waals surface area contributed by atoms with Crippen molar-refractivity contribution in [1.29, 1.82) is 0 Å². The monoisotopic (exact) mass is 227 g/mol. The van der Waals surface area contributed by atoms with Crippen LogP contribution in [0.3, 0.4) is 0 Å². The van der Waals surface area contributed by atoms with Gasteiger partial charge < -0.3 is 4.74 Å². The fourth-order valence-electron chi connectivity index (χ4n) is 1.67. The van der Waals surface area contributed by atoms with E-state index in [1.165, 1.54) is 0 Å². The molecule has 0 spiro atoms. The molecule has 0 unspecified atom stereocenters. The minimum Gasteiger partial charge on any atom is -0.481 e. The molecule has 2 rings (SSSR count). The third-order valence-corrected chi connectivity index (χ3v) is 2.54. The lowest BCUT2D eigenvalue weighted by molar-refractivity contribution is 0.112. The van der Waals surface area contributed by atoms with Crippen molar-refractivity contribution in [1.82, 2.24) is 4.98 Å². The van der Waals surface area contributed by atoms with Gasteiger partial charge >= 0.3 is 0 Å². The molecular formula is C14H13NO2. The summed E-state index contributed by atoms with van der Waals surface area (Å²) >= 11 is 0. The zero-order valence-electron chi connectivity index (χ0n) is 9.81. The Bertz CT molecular complexity index is 532. The average Bonchev–Trinajstić information content (AvgIpc) is 2.39. The van der Waals surface area contributed by atoms with Crippen molar-refractivity contribution in [3.05, 3.63) is 47.7 Å². The van der Waals surface area contributed by atoms with Gasteiger partial charge in [0.1, 0.15) is 6.29 Å². The fraction of sp³-hybridized carbons (Fsp3) is 0.143. The van der Waals surface area contributed by atoms with E-state index in [0.29, 0.717) is 11.4 Å². The molecule has 0 saturated carbocycles. The predicted octanol–water partition coefficient (Wildman–Crippen LogP) is 2.88. The van der Waals surface area contributed by atoms with Gasteiger partial charge in [-0.3, -0.25) is 4.79 Å². The summed E-state index contributed by atoms with van der Waals surface area (Å²) < 4.78 is 5.23. The first-order valence-corrected chi connectivity index (χ1v) is 5.31. The Morgan fingerprint density at radius 2 is 1.94 bits per heavy atom. The molecule has 1 aromatic carbocycles. The highest BCUT2D eigenvalue weighted by atomic mass is 16.5. The van der Waals surface area contributed by atoms with Gasteiger partial charge in [-0.2, -0.15) is 0 Å². The number of carbonyl (C=O) groups excluding carboxylic acids is 1. The third-order valence-electron chi connectivity index (χ3n) is 2.54. The van der Waals surface area contributed by atoms with Crippen molar-refractivity contribution in [3.8, 4) is 17.0 Å². The molecule has 0 radical (unpaired) electrons. The molecule has 3 nitrogen and oxygen atoms in total. The number of benzene rings is 1. The number of rotatable bonds is 3. The van der Waals surface area contributed by atoms with Crippen LogP contribution in [0.1, 0.15) is 15.9 Å². The van der Waals surface area contributed by atoms with Gasteiger partial charge in [0.2, 0.25) is 5.88 Å². The van der Waals surface area contributed by atoms with Crippen LogP contribution in [0.4, 0.5) is 0 Å². The van der Waals surface area contributed by atoms with Gasteiger partial charge in [-0.25, -0.2) is 4.98 Å². The first-order valence-electron chi connectivity index (χ1n) is 5.31. The average molecular weight is 227 g/mol. The Morgan fingerprint density at radius 1 is 1.24 bits per heavy atom. The van der Waals surface area contributed by atoms with E-state index in [4.69, 9.17) is 4.74 Å². The van der Waals surface area contributed by atoms with Crippen molar-refractivity contribution in [2.24, 2.45) is 0 Å². The first-order chi connectivity index (χ1) is 8.24. The highest BCUT2D eigenvalue weighted by Crippen LogP contribution is 2.28. The normalized spacial score (nSPS) is 10.0. The summed E-state index contributed by atoms with van der Waals surface area (Å²) in [7, 11) is 1.60. The number of hydrogen-bond donors (Lipinski definition) is 0. The number of aldehydes is 1. The second kappa shape index (κ2) is 4.78. The highest BCUT2D eigenvalue weighted by Gasteiger charge is 2.07. The summed E-state index contributed by atoms with van der Waals surface area (Å²) in [6.45, 7) is 1.98. The molecule has 1 aromatic heterocycles. The molecule has 0 aliphatic heterocycles. The van der Waals surface area contributed by atoms with E-state index >= 15 is 0 Å². The quantitative estimate of drug-likeness (QED) is 0.757. The second-order valence-corrected chi connectivity index (χ2v) is 3.81. The Labute approximate surface area is 100 Å². The lowest BCUT2D eigenvalue weighted by atomic mass is 10.0. The lowest BCUT2D eigenvalue weighted by Crippen LogP contribution is -1.92. The van der Waals surface area contributed by atoms with E-state index in [0.717, 1.165) is 23.0 Å². The van der Waals surface area contributed by atoms with E-state index < -0.39 is 0 Å². The maximum absolute atomic E-state index is 10.6. The summed E-state index contributed by atoms with van der Waals surface area (Å²) in [5.41, 5.74) is 3.65. The molecule has 0 atom stereocenters. The van der Waals surface area contributed by atoms with Crippen LogP contribution in [0.15, 0.2) is 36.5 Å². The summed E-state index contributed by atoms with van der Waals surface area (Å²) in [5, 5.41) is 0. The van der Waals surface area contributed by atoms with Gasteiger partial charge in [-0.05, 0) is 24.1 Å². The second-order valence-electron chi connectivity index (χ2n) is 3.81. The number of aromatic nitrogens is 1. The summed E-state index contributed by atoms with van der Waals surface area (Å²) in [6, 6.07) is 9.36. The lowest BCUT2D eigenvalue weighted by Gasteiger charge is -2.08. The van der Waals surface area contributed by atoms with Gasteiger partial charge in [-0.15, -0.1) is 0 Å². The van der Waals surface area contributed by atoms with E-state index in [9.17, 15) is 4.79 Å². The molecule has 0 amide bonds. The van der Waals surface area contributed by atoms with Crippen LogP contribution in [0.5, 0.6) is 5.88 Å². The number of carbonyl (C=O) groups is 1. The van der Waals surface area contributed by atoms with Gasteiger partial charge in [0.15, 0.2) is 0 Å². The smallest absolute Gasteiger partial charge is 0.221 e. The van der Waals surface area contributed by atoms with Gasteiger partial charge in [0.05, 0.1) is 7.11 Å². The molecule has 2 aromatic rings. The van der Waals surface area contributed by atoms with Gasteiger partial charge in [0, 0.05) is 17.3 Å². The number of hydrogen-bond acceptors (Lipinski definition) is 3. The molecule has 86 valence electrons. The fourth-order valence-corrected chi connectivity index (χ4v) is 1.67. The highest BCUT2D eigenvalue weighted by molar-refractivity contribution is 5.77. The van der Waals surface area contributed by atoms with Crippen molar-refractivity contribution in [3.63, 3.8) is 0 Å². The Hall–Kier alpha value is -2.16. The van der Waals surface area contributed by atoms with Crippen LogP contribution in [0.2, 0.25) is 0 Å². The number of pyridine rings is 1. The van der Waals surface area contributed by atoms with Crippen LogP contribution in [-0.2, 0) is 0 Å². The number of aryl methyl sites for hydroxylation is 1. The number of methoxy groups -OCH3 is 1. The van der Waals surface area contributed by atoms with E-state index in [1.54, 1.807) is 25.4 Å². The summed E-state index contributed by atoms with van der Waals surface area (Å²) in [5.74, 6) is 0.592. The van der Waals surface area contributed by atoms with Crippen LogP contribution in [0.25, 0.3) is 11.1 Å². The SMILES string of the molecule is COc1ncc(C)cc1-c1ccc(C=O)cc1. The maximum Gasteiger partial charge on any atom is 0.221 e. The van der Waals surface area contributed by atoms with Crippen LogP contribution in [0, 0.1) is 6.92 Å². The zero-order chi connectivity index (χ0) is 12.3. The van der Waals surface area contributed by atoms with Crippen molar-refractivity contribution in [2.75, 3.05) is 7.11 Å². The van der Waals surface area contributed by atoms with Crippen molar-refractivity contribution < 1.29 is 9.53 Å². The van der Waals surface area contributed by atoms with Crippen molar-refractivity contribution >= 4 is 6.29 Å². The topological polar surface area (TPSA) is 39.2 Å². The molecule has 0 fully saturated rings. The number of nitrogens with zero attached hydrogens (tertiary/aromatic N) is 1. The molecular weight excluding hydrogens is 214 g/mol. The molecule has 0 saturated heterocycles. The molecule has 0 N–H and O–H groups in total. The van der Waals surface area contributed by atoms with E-state index in [-0.39, 0.29) is 0 Å². The minimum absolute atomic E-state index is 0.592. The minimum atomic E-state index is 0.592. The molecule has 3 heteroatoms. The molecule has 1 heterocycles. The Balaban J connectivity index is 2.50.